The molecule has 0 bridgehead atoms. The Morgan fingerprint density at radius 1 is 1.69 bits per heavy atom. The molecule has 78 valence electrons. The normalized spacial score (nSPS) is 13.9. The number of hydrogen-bond donors (Lipinski definition) is 3. The van der Waals surface area contributed by atoms with E-state index >= 15 is 0 Å². The molecular weight excluding hydrogens is 289 g/mol. The molecule has 0 saturated carbocycles. The molecule has 0 amide bonds. The zero-order valence-corrected chi connectivity index (χ0v) is 9.74. The van der Waals surface area contributed by atoms with Crippen LogP contribution >= 0.6 is 23.0 Å². The van der Waals surface area contributed by atoms with Crippen LogP contribution < -0.4 is 5.32 Å². The van der Waals surface area contributed by atoms with Gasteiger partial charge in [0.2, 0.25) is 0 Å². The summed E-state index contributed by atoms with van der Waals surface area (Å²) >= 11 is 1.41. The van der Waals surface area contributed by atoms with Gasteiger partial charge >= 0.3 is 5.97 Å². The van der Waals surface area contributed by atoms with Crippen molar-refractivity contribution in [1.29, 1.82) is 0 Å². The first-order chi connectivity index (χ1) is 5.87. The zero-order valence-electron chi connectivity index (χ0n) is 7.58. The van der Waals surface area contributed by atoms with Crippen molar-refractivity contribution in [1.82, 2.24) is 5.32 Å². The Morgan fingerprint density at radius 2 is 2.23 bits per heavy atom. The maximum absolute atomic E-state index is 10.7. The molecule has 6 heteroatoms. The second-order valence-electron chi connectivity index (χ2n) is 3.36. The van der Waals surface area contributed by atoms with Crippen molar-refractivity contribution in [2.75, 3.05) is 13.1 Å². The number of nitrogens with one attached hydrogen (secondary N) is 1. The molecule has 0 fully saturated rings. The Hall–Kier alpha value is 0.0800. The van der Waals surface area contributed by atoms with Gasteiger partial charge in [0.15, 0.2) is 29.1 Å². The third kappa shape index (κ3) is 7.17. The van der Waals surface area contributed by atoms with Gasteiger partial charge in [-0.15, -0.1) is 0 Å². The fraction of sp³-hybridized carbons (Fsp3) is 0.857. The number of carbonyl (C=O) groups excluding carboxylic acids is 1. The van der Waals surface area contributed by atoms with E-state index in [0.717, 1.165) is 0 Å². The topological polar surface area (TPSA) is 78.8 Å². The summed E-state index contributed by atoms with van der Waals surface area (Å²) in [7, 11) is 0. The zero-order chi connectivity index (χ0) is 10.5. The summed E-state index contributed by atoms with van der Waals surface area (Å²) in [5, 5.41) is 21.1. The fourth-order valence-corrected chi connectivity index (χ4v) is 0.943. The highest BCUT2D eigenvalue weighted by Gasteiger charge is 2.17. The molecule has 0 aromatic rings. The van der Waals surface area contributed by atoms with Gasteiger partial charge in [0.1, 0.15) is 0 Å². The van der Waals surface area contributed by atoms with Crippen LogP contribution in [0.5, 0.6) is 0 Å². The predicted molar refractivity (Wildman–Crippen MR) is 55.3 cm³/mol. The van der Waals surface area contributed by atoms with E-state index in [-0.39, 0.29) is 6.54 Å². The molecule has 0 aromatic carbocycles. The predicted octanol–water partition coefficient (Wildman–Crippen LogP) is -0.399. The van der Waals surface area contributed by atoms with Crippen molar-refractivity contribution >= 4 is 29.0 Å². The molecule has 0 saturated heterocycles. The number of carbonyl (C=O) groups is 1. The molecule has 0 aliphatic heterocycles. The van der Waals surface area contributed by atoms with Crippen LogP contribution in [0.1, 0.15) is 13.8 Å². The minimum Gasteiger partial charge on any atom is -0.393 e. The number of rotatable bonds is 5. The molecule has 0 radical (unpaired) electrons. The smallest absolute Gasteiger partial charge is 0.345 e. The maximum Gasteiger partial charge on any atom is 0.345 e. The van der Waals surface area contributed by atoms with Gasteiger partial charge in [-0.3, -0.25) is 0 Å². The summed E-state index contributed by atoms with van der Waals surface area (Å²) in [4.78, 5) is 10.7. The molecule has 0 rings (SSSR count). The van der Waals surface area contributed by atoms with Gasteiger partial charge in [0, 0.05) is 13.1 Å². The van der Waals surface area contributed by atoms with Crippen molar-refractivity contribution in [3.8, 4) is 0 Å². The first-order valence-electron chi connectivity index (χ1n) is 3.80. The van der Waals surface area contributed by atoms with Crippen molar-refractivity contribution in [2.24, 2.45) is 0 Å². The lowest BCUT2D eigenvalue weighted by molar-refractivity contribution is -0.140. The summed E-state index contributed by atoms with van der Waals surface area (Å²) < 4.78 is 4.27. The summed E-state index contributed by atoms with van der Waals surface area (Å²) in [6.45, 7) is 3.64. The Kier molecular flexibility index (Phi) is 5.77. The second kappa shape index (κ2) is 5.74. The van der Waals surface area contributed by atoms with Crippen molar-refractivity contribution in [3.63, 3.8) is 0 Å². The highest BCUT2D eigenvalue weighted by Crippen LogP contribution is 1.98. The lowest BCUT2D eigenvalue weighted by atomic mass is 10.1. The molecule has 3 N–H and O–H groups in total. The van der Waals surface area contributed by atoms with Gasteiger partial charge in [-0.2, -0.15) is 0 Å². The lowest BCUT2D eigenvalue weighted by Gasteiger charge is -2.18. The summed E-state index contributed by atoms with van der Waals surface area (Å²) in [6, 6.07) is 0. The van der Waals surface area contributed by atoms with Crippen molar-refractivity contribution in [2.45, 2.75) is 25.6 Å². The van der Waals surface area contributed by atoms with Crippen LogP contribution in [0.3, 0.4) is 0 Å². The minimum absolute atomic E-state index is 0.0752. The Morgan fingerprint density at radius 3 is 2.62 bits per heavy atom. The standard InChI is InChI=1S/C7H14INO4/c1-7(2,12)4-9-3-5(10)6(11)13-8/h5,9-10,12H,3-4H2,1-2H3. The molecule has 5 nitrogen and oxygen atoms in total. The van der Waals surface area contributed by atoms with Crippen molar-refractivity contribution in [3.05, 3.63) is 0 Å². The molecule has 0 aliphatic carbocycles. The quantitative estimate of drug-likeness (QED) is 0.603. The van der Waals surface area contributed by atoms with Crippen LogP contribution in [-0.4, -0.2) is 41.0 Å². The highest BCUT2D eigenvalue weighted by atomic mass is 127. The number of hydrogen-bond acceptors (Lipinski definition) is 5. The van der Waals surface area contributed by atoms with E-state index in [9.17, 15) is 9.90 Å². The Labute approximate surface area is 91.2 Å². The van der Waals surface area contributed by atoms with E-state index in [0.29, 0.717) is 6.54 Å². The number of halogens is 1. The monoisotopic (exact) mass is 303 g/mol. The third-order valence-corrected chi connectivity index (χ3v) is 1.68. The molecule has 0 aromatic heterocycles. The average Bonchev–Trinajstić information content (AvgIpc) is 2.00. The van der Waals surface area contributed by atoms with Crippen LogP contribution in [-0.2, 0) is 7.86 Å². The molecule has 0 aliphatic rings. The van der Waals surface area contributed by atoms with E-state index < -0.39 is 17.7 Å². The van der Waals surface area contributed by atoms with Crippen LogP contribution in [0.4, 0.5) is 0 Å². The highest BCUT2D eigenvalue weighted by molar-refractivity contribution is 14.1. The van der Waals surface area contributed by atoms with Gasteiger partial charge in [-0.05, 0) is 13.8 Å². The summed E-state index contributed by atoms with van der Waals surface area (Å²) in [6.07, 6.45) is -1.18. The number of aliphatic hydroxyl groups excluding tert-OH is 1. The second-order valence-corrected chi connectivity index (χ2v) is 3.80. The van der Waals surface area contributed by atoms with E-state index in [1.807, 2.05) is 0 Å². The first-order valence-corrected chi connectivity index (χ1v) is 4.68. The third-order valence-electron chi connectivity index (χ3n) is 1.24. The number of aliphatic hydroxyl groups is 2. The van der Waals surface area contributed by atoms with Gasteiger partial charge in [0.25, 0.3) is 0 Å². The minimum atomic E-state index is -1.18. The van der Waals surface area contributed by atoms with Gasteiger partial charge in [0.05, 0.1) is 5.60 Å². The van der Waals surface area contributed by atoms with Crippen LogP contribution in [0.25, 0.3) is 0 Å². The van der Waals surface area contributed by atoms with E-state index in [2.05, 4.69) is 8.38 Å². The van der Waals surface area contributed by atoms with E-state index in [1.54, 1.807) is 13.8 Å². The molecule has 0 spiro atoms. The van der Waals surface area contributed by atoms with Crippen LogP contribution in [0, 0.1) is 0 Å². The van der Waals surface area contributed by atoms with Gasteiger partial charge in [-0.25, -0.2) is 4.79 Å². The fourth-order valence-electron chi connectivity index (χ4n) is 0.650. The largest absolute Gasteiger partial charge is 0.393 e. The summed E-state index contributed by atoms with van der Waals surface area (Å²) in [5.74, 6) is -0.691. The molecular formula is C7H14INO4. The Bertz CT molecular complexity index is 168. The van der Waals surface area contributed by atoms with Crippen molar-refractivity contribution < 1.29 is 18.1 Å². The molecule has 1 unspecified atom stereocenters. The van der Waals surface area contributed by atoms with Crippen LogP contribution in [0.15, 0.2) is 0 Å². The average molecular weight is 303 g/mol. The Balaban J connectivity index is 3.59. The molecule has 13 heavy (non-hydrogen) atoms. The van der Waals surface area contributed by atoms with Crippen LogP contribution in [0.2, 0.25) is 0 Å². The molecule has 1 atom stereocenters. The summed E-state index contributed by atoms with van der Waals surface area (Å²) in [5.41, 5.74) is -0.853. The maximum atomic E-state index is 10.7. The van der Waals surface area contributed by atoms with Gasteiger partial charge in [-0.1, -0.05) is 0 Å². The SMILES string of the molecule is CC(C)(O)CNCC(O)C(=O)OI. The van der Waals surface area contributed by atoms with E-state index in [1.165, 1.54) is 23.0 Å². The first kappa shape index (κ1) is 13.1. The van der Waals surface area contributed by atoms with E-state index in [4.69, 9.17) is 5.11 Å². The lowest BCUT2D eigenvalue weighted by Crippen LogP contribution is -2.40. The molecule has 0 heterocycles. The van der Waals surface area contributed by atoms with Gasteiger partial charge < -0.3 is 18.6 Å².